The summed E-state index contributed by atoms with van der Waals surface area (Å²) in [4.78, 5) is 14.6. The van der Waals surface area contributed by atoms with E-state index in [0.29, 0.717) is 0 Å². The van der Waals surface area contributed by atoms with Crippen LogP contribution in [-0.4, -0.2) is 23.4 Å². The molecule has 1 aliphatic heterocycles. The molecule has 0 radical (unpaired) electrons. The summed E-state index contributed by atoms with van der Waals surface area (Å²) in [5, 5.41) is 4.24. The molecule has 4 heteroatoms. The molecule has 0 spiro atoms. The summed E-state index contributed by atoms with van der Waals surface area (Å²) in [6.45, 7) is 0.888. The van der Waals surface area contributed by atoms with E-state index in [4.69, 9.17) is 5.73 Å². The number of carbonyl (C=O) groups is 1. The zero-order chi connectivity index (χ0) is 12.5. The van der Waals surface area contributed by atoms with Gasteiger partial charge in [0, 0.05) is 12.6 Å². The van der Waals surface area contributed by atoms with E-state index >= 15 is 0 Å². The second kappa shape index (κ2) is 4.86. The first-order valence-electron chi connectivity index (χ1n) is 6.52. The van der Waals surface area contributed by atoms with Crippen LogP contribution in [0.1, 0.15) is 30.9 Å². The maximum atomic E-state index is 12.5. The van der Waals surface area contributed by atoms with Crippen molar-refractivity contribution in [2.45, 2.75) is 31.3 Å². The standard InChI is InChI=1S/C14H18N2OS/c15-12-4-3-10(8-12)14(17)16-6-1-2-13(16)11-5-7-18-9-11/h3-5,7,9-10,12-13H,1-2,6,8,15H2. The van der Waals surface area contributed by atoms with E-state index in [0.717, 1.165) is 25.8 Å². The number of nitrogens with zero attached hydrogens (tertiary/aromatic N) is 1. The van der Waals surface area contributed by atoms with Gasteiger partial charge >= 0.3 is 0 Å². The normalized spacial score (nSPS) is 31.2. The second-order valence-corrected chi connectivity index (χ2v) is 5.92. The third-order valence-corrected chi connectivity index (χ3v) is 4.60. The van der Waals surface area contributed by atoms with Gasteiger partial charge in [0.1, 0.15) is 0 Å². The van der Waals surface area contributed by atoms with Crippen molar-refractivity contribution in [2.75, 3.05) is 6.54 Å². The van der Waals surface area contributed by atoms with Crippen molar-refractivity contribution < 1.29 is 4.79 Å². The predicted octanol–water partition coefficient (Wildman–Crippen LogP) is 2.32. The summed E-state index contributed by atoms with van der Waals surface area (Å²) in [6.07, 6.45) is 6.90. The van der Waals surface area contributed by atoms with E-state index in [-0.39, 0.29) is 23.9 Å². The van der Waals surface area contributed by atoms with Crippen LogP contribution in [0.5, 0.6) is 0 Å². The van der Waals surface area contributed by atoms with Crippen LogP contribution in [0.3, 0.4) is 0 Å². The quantitative estimate of drug-likeness (QED) is 0.831. The van der Waals surface area contributed by atoms with E-state index in [2.05, 4.69) is 21.7 Å². The topological polar surface area (TPSA) is 46.3 Å². The van der Waals surface area contributed by atoms with Crippen molar-refractivity contribution >= 4 is 17.2 Å². The van der Waals surface area contributed by atoms with Crippen LogP contribution >= 0.6 is 11.3 Å². The third-order valence-electron chi connectivity index (χ3n) is 3.90. The molecule has 1 aromatic heterocycles. The molecule has 3 atom stereocenters. The average molecular weight is 262 g/mol. The lowest BCUT2D eigenvalue weighted by Crippen LogP contribution is -2.35. The number of nitrogens with two attached hydrogens (primary N) is 1. The highest BCUT2D eigenvalue weighted by atomic mass is 32.1. The minimum atomic E-state index is -0.000708. The van der Waals surface area contributed by atoms with Crippen molar-refractivity contribution in [3.05, 3.63) is 34.5 Å². The molecule has 1 amide bonds. The first kappa shape index (κ1) is 11.9. The Morgan fingerprint density at radius 3 is 3.00 bits per heavy atom. The summed E-state index contributed by atoms with van der Waals surface area (Å²) >= 11 is 1.70. The SMILES string of the molecule is NC1C=CC(C(=O)N2CCCC2c2ccsc2)C1. The second-order valence-electron chi connectivity index (χ2n) is 5.14. The average Bonchev–Trinajstić information content (AvgIpc) is 3.08. The summed E-state index contributed by atoms with van der Waals surface area (Å²) < 4.78 is 0. The molecule has 2 aliphatic rings. The number of likely N-dealkylation sites (tertiary alicyclic amines) is 1. The molecule has 96 valence electrons. The molecule has 3 unspecified atom stereocenters. The van der Waals surface area contributed by atoms with Gasteiger partial charge in [-0.15, -0.1) is 0 Å². The lowest BCUT2D eigenvalue weighted by atomic mass is 10.0. The minimum absolute atomic E-state index is 0.000708. The number of rotatable bonds is 2. The maximum Gasteiger partial charge on any atom is 0.230 e. The monoisotopic (exact) mass is 262 g/mol. The smallest absolute Gasteiger partial charge is 0.230 e. The zero-order valence-corrected chi connectivity index (χ0v) is 11.1. The molecule has 18 heavy (non-hydrogen) atoms. The van der Waals surface area contributed by atoms with Crippen LogP contribution in [0.4, 0.5) is 0 Å². The van der Waals surface area contributed by atoms with Gasteiger partial charge in [-0.3, -0.25) is 4.79 Å². The fourth-order valence-corrected chi connectivity index (χ4v) is 3.67. The van der Waals surface area contributed by atoms with Crippen LogP contribution in [0.15, 0.2) is 29.0 Å². The number of amides is 1. The molecule has 1 saturated heterocycles. The Hall–Kier alpha value is -1.13. The van der Waals surface area contributed by atoms with Gasteiger partial charge in [0.15, 0.2) is 0 Å². The fraction of sp³-hybridized carbons (Fsp3) is 0.500. The number of hydrogen-bond acceptors (Lipinski definition) is 3. The molecule has 3 rings (SSSR count). The summed E-state index contributed by atoms with van der Waals surface area (Å²) in [7, 11) is 0. The van der Waals surface area contributed by atoms with E-state index in [1.807, 2.05) is 12.2 Å². The molecule has 1 aromatic rings. The van der Waals surface area contributed by atoms with Crippen LogP contribution in [-0.2, 0) is 4.79 Å². The Balaban J connectivity index is 1.75. The highest BCUT2D eigenvalue weighted by Crippen LogP contribution is 2.35. The Morgan fingerprint density at radius 1 is 1.44 bits per heavy atom. The summed E-state index contributed by atoms with van der Waals surface area (Å²) in [5.74, 6) is 0.257. The van der Waals surface area contributed by atoms with Crippen molar-refractivity contribution in [1.29, 1.82) is 0 Å². The summed E-state index contributed by atoms with van der Waals surface area (Å²) in [5.41, 5.74) is 7.12. The highest BCUT2D eigenvalue weighted by molar-refractivity contribution is 7.07. The van der Waals surface area contributed by atoms with Crippen LogP contribution < -0.4 is 5.73 Å². The van der Waals surface area contributed by atoms with E-state index in [1.54, 1.807) is 11.3 Å². The van der Waals surface area contributed by atoms with E-state index in [1.165, 1.54) is 5.56 Å². The van der Waals surface area contributed by atoms with Gasteiger partial charge in [0.05, 0.1) is 12.0 Å². The van der Waals surface area contributed by atoms with Crippen molar-refractivity contribution in [1.82, 2.24) is 4.90 Å². The molecule has 2 heterocycles. The van der Waals surface area contributed by atoms with Crippen LogP contribution in [0.25, 0.3) is 0 Å². The number of thiophene rings is 1. The largest absolute Gasteiger partial charge is 0.335 e. The fourth-order valence-electron chi connectivity index (χ4n) is 2.96. The van der Waals surface area contributed by atoms with Crippen LogP contribution in [0.2, 0.25) is 0 Å². The highest BCUT2D eigenvalue weighted by Gasteiger charge is 2.34. The van der Waals surface area contributed by atoms with Crippen molar-refractivity contribution in [2.24, 2.45) is 11.7 Å². The maximum absolute atomic E-state index is 12.5. The Bertz CT molecular complexity index is 454. The number of carbonyl (C=O) groups excluding carboxylic acids is 1. The molecule has 2 N–H and O–H groups in total. The first-order valence-corrected chi connectivity index (χ1v) is 7.46. The molecule has 1 fully saturated rings. The number of hydrogen-bond donors (Lipinski definition) is 1. The van der Waals surface area contributed by atoms with Crippen LogP contribution in [0, 0.1) is 5.92 Å². The Kier molecular flexibility index (Phi) is 3.22. The van der Waals surface area contributed by atoms with Gasteiger partial charge in [0.25, 0.3) is 0 Å². The van der Waals surface area contributed by atoms with Gasteiger partial charge in [-0.25, -0.2) is 0 Å². The molecule has 0 aromatic carbocycles. The minimum Gasteiger partial charge on any atom is -0.335 e. The zero-order valence-electron chi connectivity index (χ0n) is 10.3. The molecule has 0 saturated carbocycles. The van der Waals surface area contributed by atoms with Gasteiger partial charge < -0.3 is 10.6 Å². The van der Waals surface area contributed by atoms with E-state index < -0.39 is 0 Å². The Morgan fingerprint density at radius 2 is 2.33 bits per heavy atom. The van der Waals surface area contributed by atoms with Gasteiger partial charge in [-0.05, 0) is 41.7 Å². The Labute approximate surface area is 111 Å². The van der Waals surface area contributed by atoms with Gasteiger partial charge in [-0.1, -0.05) is 12.2 Å². The third kappa shape index (κ3) is 2.10. The molecular weight excluding hydrogens is 244 g/mol. The van der Waals surface area contributed by atoms with Crippen molar-refractivity contribution in [3.63, 3.8) is 0 Å². The molecule has 1 aliphatic carbocycles. The van der Waals surface area contributed by atoms with Crippen molar-refractivity contribution in [3.8, 4) is 0 Å². The molecule has 0 bridgehead atoms. The predicted molar refractivity (Wildman–Crippen MR) is 73.2 cm³/mol. The summed E-state index contributed by atoms with van der Waals surface area (Å²) in [6, 6.07) is 2.48. The van der Waals surface area contributed by atoms with Gasteiger partial charge in [0.2, 0.25) is 5.91 Å². The lowest BCUT2D eigenvalue weighted by Gasteiger charge is -2.26. The van der Waals surface area contributed by atoms with E-state index in [9.17, 15) is 4.79 Å². The molecular formula is C14H18N2OS. The lowest BCUT2D eigenvalue weighted by molar-refractivity contribution is -0.135. The first-order chi connectivity index (χ1) is 8.75. The van der Waals surface area contributed by atoms with Gasteiger partial charge in [-0.2, -0.15) is 11.3 Å². The molecule has 3 nitrogen and oxygen atoms in total.